The van der Waals surface area contributed by atoms with Gasteiger partial charge in [-0.1, -0.05) is 11.8 Å². The molecule has 2 aromatic heterocycles. The average Bonchev–Trinajstić information content (AvgIpc) is 3.06. The molecule has 116 valence electrons. The third kappa shape index (κ3) is 3.90. The van der Waals surface area contributed by atoms with Crippen molar-refractivity contribution in [1.29, 1.82) is 0 Å². The molecule has 0 spiro atoms. The van der Waals surface area contributed by atoms with Crippen LogP contribution in [0.3, 0.4) is 0 Å². The fourth-order valence-electron chi connectivity index (χ4n) is 2.15. The number of hydrogen-bond donors (Lipinski definition) is 2. The number of pyridine rings is 1. The van der Waals surface area contributed by atoms with Crippen LogP contribution in [0, 0.1) is 11.8 Å². The van der Waals surface area contributed by atoms with E-state index in [-0.39, 0.29) is 6.03 Å². The van der Waals surface area contributed by atoms with Gasteiger partial charge < -0.3 is 5.32 Å². The molecule has 3 rings (SSSR count). The van der Waals surface area contributed by atoms with Crippen LogP contribution in [-0.2, 0) is 6.54 Å². The van der Waals surface area contributed by atoms with Crippen molar-refractivity contribution in [3.63, 3.8) is 0 Å². The molecule has 0 radical (unpaired) electrons. The molecule has 0 bridgehead atoms. The molecule has 1 aliphatic heterocycles. The summed E-state index contributed by atoms with van der Waals surface area (Å²) in [5.41, 5.74) is 6.57. The minimum absolute atomic E-state index is 0.220. The highest BCUT2D eigenvalue weighted by Gasteiger charge is 2.13. The fraction of sp³-hybridized carbons (Fsp3) is 0.176. The Morgan fingerprint density at radius 1 is 1.43 bits per heavy atom. The Balaban J connectivity index is 1.73. The molecule has 5 nitrogen and oxygen atoms in total. The van der Waals surface area contributed by atoms with Gasteiger partial charge in [-0.25, -0.2) is 10.2 Å². The predicted molar refractivity (Wildman–Crippen MR) is 91.3 cm³/mol. The summed E-state index contributed by atoms with van der Waals surface area (Å²) < 4.78 is 0. The Labute approximate surface area is 139 Å². The van der Waals surface area contributed by atoms with Crippen molar-refractivity contribution >= 4 is 23.4 Å². The van der Waals surface area contributed by atoms with E-state index in [1.165, 1.54) is 0 Å². The SMILES string of the molecule is CCNC(=O)NN1C=Cc2ncc(C#Cc3ccsc3)cc2C1. The van der Waals surface area contributed by atoms with Gasteiger partial charge in [-0.3, -0.25) is 9.99 Å². The number of rotatable bonds is 2. The van der Waals surface area contributed by atoms with Crippen molar-refractivity contribution in [2.24, 2.45) is 0 Å². The van der Waals surface area contributed by atoms with Gasteiger partial charge in [0.05, 0.1) is 12.2 Å². The van der Waals surface area contributed by atoms with Crippen LogP contribution >= 0.6 is 11.3 Å². The summed E-state index contributed by atoms with van der Waals surface area (Å²) in [7, 11) is 0. The molecule has 1 aliphatic rings. The number of aromatic nitrogens is 1. The molecule has 0 atom stereocenters. The van der Waals surface area contributed by atoms with Crippen molar-refractivity contribution in [2.45, 2.75) is 13.5 Å². The third-order valence-corrected chi connectivity index (χ3v) is 3.89. The molecule has 2 N–H and O–H groups in total. The van der Waals surface area contributed by atoms with Gasteiger partial charge in [-0.05, 0) is 30.5 Å². The highest BCUT2D eigenvalue weighted by Crippen LogP contribution is 2.17. The molecule has 23 heavy (non-hydrogen) atoms. The summed E-state index contributed by atoms with van der Waals surface area (Å²) >= 11 is 1.63. The van der Waals surface area contributed by atoms with Crippen LogP contribution in [0.5, 0.6) is 0 Å². The summed E-state index contributed by atoms with van der Waals surface area (Å²) in [5.74, 6) is 6.24. The molecule has 0 saturated carbocycles. The second-order valence-electron chi connectivity index (χ2n) is 4.95. The smallest absolute Gasteiger partial charge is 0.333 e. The third-order valence-electron chi connectivity index (χ3n) is 3.21. The quantitative estimate of drug-likeness (QED) is 0.835. The van der Waals surface area contributed by atoms with Gasteiger partial charge in [-0.2, -0.15) is 11.3 Å². The molecule has 6 heteroatoms. The molecule has 0 fully saturated rings. The predicted octanol–water partition coefficient (Wildman–Crippen LogP) is 2.56. The molecule has 0 saturated heterocycles. The van der Waals surface area contributed by atoms with Crippen LogP contribution < -0.4 is 10.7 Å². The van der Waals surface area contributed by atoms with E-state index in [9.17, 15) is 4.79 Å². The van der Waals surface area contributed by atoms with Crippen molar-refractivity contribution < 1.29 is 4.79 Å². The van der Waals surface area contributed by atoms with E-state index in [0.29, 0.717) is 13.1 Å². The van der Waals surface area contributed by atoms with Crippen LogP contribution in [0.1, 0.15) is 29.3 Å². The summed E-state index contributed by atoms with van der Waals surface area (Å²) in [6, 6.07) is 3.78. The van der Waals surface area contributed by atoms with E-state index in [0.717, 1.165) is 22.4 Å². The first-order chi connectivity index (χ1) is 11.2. The highest BCUT2D eigenvalue weighted by atomic mass is 32.1. The zero-order valence-corrected chi connectivity index (χ0v) is 13.5. The number of urea groups is 1. The zero-order chi connectivity index (χ0) is 16.1. The minimum Gasteiger partial charge on any atom is -0.337 e. The molecule has 2 amide bonds. The van der Waals surface area contributed by atoms with Gasteiger partial charge in [0.2, 0.25) is 0 Å². The zero-order valence-electron chi connectivity index (χ0n) is 12.7. The number of thiophene rings is 1. The highest BCUT2D eigenvalue weighted by molar-refractivity contribution is 7.08. The number of hydrogen-bond acceptors (Lipinski definition) is 4. The lowest BCUT2D eigenvalue weighted by Gasteiger charge is -2.25. The van der Waals surface area contributed by atoms with Gasteiger partial charge in [0, 0.05) is 41.0 Å². The van der Waals surface area contributed by atoms with E-state index in [4.69, 9.17) is 0 Å². The number of hydrazine groups is 1. The normalized spacial score (nSPS) is 12.1. The molecule has 0 aromatic carbocycles. The first-order valence-corrected chi connectivity index (χ1v) is 8.21. The fourth-order valence-corrected chi connectivity index (χ4v) is 2.74. The maximum absolute atomic E-state index is 11.6. The van der Waals surface area contributed by atoms with Gasteiger partial charge in [0.15, 0.2) is 0 Å². The van der Waals surface area contributed by atoms with Gasteiger partial charge >= 0.3 is 6.03 Å². The van der Waals surface area contributed by atoms with Crippen LogP contribution in [-0.4, -0.2) is 22.6 Å². The van der Waals surface area contributed by atoms with E-state index in [1.54, 1.807) is 28.7 Å². The van der Waals surface area contributed by atoms with Gasteiger partial charge in [0.25, 0.3) is 0 Å². The number of carbonyl (C=O) groups is 1. The number of nitrogens with zero attached hydrogens (tertiary/aromatic N) is 2. The average molecular weight is 324 g/mol. The van der Waals surface area contributed by atoms with Crippen LogP contribution in [0.15, 0.2) is 35.3 Å². The van der Waals surface area contributed by atoms with E-state index in [1.807, 2.05) is 35.9 Å². The maximum atomic E-state index is 11.6. The number of amides is 2. The second-order valence-corrected chi connectivity index (χ2v) is 5.73. The van der Waals surface area contributed by atoms with E-state index < -0.39 is 0 Å². The van der Waals surface area contributed by atoms with Crippen molar-refractivity contribution in [3.05, 3.63) is 57.7 Å². The molecule has 0 unspecified atom stereocenters. The lowest BCUT2D eigenvalue weighted by atomic mass is 10.1. The second kappa shape index (κ2) is 6.99. The van der Waals surface area contributed by atoms with Crippen molar-refractivity contribution in [3.8, 4) is 11.8 Å². The molecule has 3 heterocycles. The molecule has 0 aliphatic carbocycles. The standard InChI is InChI=1S/C17H16N4OS/c1-2-18-17(22)20-21-7-5-16-15(11-21)9-14(10-19-16)4-3-13-6-8-23-12-13/h5-10,12H,2,11H2,1H3,(H2,18,20,22). The summed E-state index contributed by atoms with van der Waals surface area (Å²) in [6.45, 7) is 3.02. The van der Waals surface area contributed by atoms with Crippen LogP contribution in [0.25, 0.3) is 6.08 Å². The van der Waals surface area contributed by atoms with Crippen molar-refractivity contribution in [1.82, 2.24) is 20.7 Å². The lowest BCUT2D eigenvalue weighted by molar-refractivity contribution is 0.206. The van der Waals surface area contributed by atoms with E-state index in [2.05, 4.69) is 27.6 Å². The molecule has 2 aromatic rings. The Morgan fingerprint density at radius 3 is 3.09 bits per heavy atom. The lowest BCUT2D eigenvalue weighted by Crippen LogP contribution is -2.44. The number of carbonyl (C=O) groups excluding carboxylic acids is 1. The first kappa shape index (κ1) is 15.1. The Kier molecular flexibility index (Phi) is 4.60. The molecular weight excluding hydrogens is 308 g/mol. The largest absolute Gasteiger partial charge is 0.337 e. The maximum Gasteiger partial charge on any atom is 0.333 e. The van der Waals surface area contributed by atoms with Crippen molar-refractivity contribution in [2.75, 3.05) is 6.54 Å². The van der Waals surface area contributed by atoms with Crippen LogP contribution in [0.4, 0.5) is 4.79 Å². The summed E-state index contributed by atoms with van der Waals surface area (Å²) in [6.07, 6.45) is 5.46. The molecular formula is C17H16N4OS. The van der Waals surface area contributed by atoms with Gasteiger partial charge in [0.1, 0.15) is 0 Å². The number of nitrogens with one attached hydrogen (secondary N) is 2. The minimum atomic E-state index is -0.220. The number of fused-ring (bicyclic) bond motifs is 1. The first-order valence-electron chi connectivity index (χ1n) is 7.27. The van der Waals surface area contributed by atoms with E-state index >= 15 is 0 Å². The summed E-state index contributed by atoms with van der Waals surface area (Å²) in [4.78, 5) is 16.0. The Bertz CT molecular complexity index is 787. The summed E-state index contributed by atoms with van der Waals surface area (Å²) in [5, 5.41) is 8.45. The topological polar surface area (TPSA) is 57.3 Å². The van der Waals surface area contributed by atoms with Crippen LogP contribution in [0.2, 0.25) is 0 Å². The Hall–Kier alpha value is -2.78. The van der Waals surface area contributed by atoms with Gasteiger partial charge in [-0.15, -0.1) is 0 Å². The monoisotopic (exact) mass is 324 g/mol. The Morgan fingerprint density at radius 2 is 2.30 bits per heavy atom.